The second kappa shape index (κ2) is 16.9. The number of methoxy groups -OCH3 is 1. The Hall–Kier alpha value is -5.80. The Morgan fingerprint density at radius 3 is 2.11 bits per heavy atom. The molecule has 56 heavy (non-hydrogen) atoms. The minimum atomic E-state index is -1.17. The van der Waals surface area contributed by atoms with Crippen molar-refractivity contribution in [2.45, 2.75) is 38.1 Å². The Balaban J connectivity index is 0.928. The van der Waals surface area contributed by atoms with Crippen LogP contribution in [0.5, 0.6) is 17.2 Å². The average molecular weight is 769 g/mol. The molecule has 3 amide bonds. The first-order valence-electron chi connectivity index (χ1n) is 18.8. The van der Waals surface area contributed by atoms with Crippen LogP contribution in [-0.4, -0.2) is 109 Å². The summed E-state index contributed by atoms with van der Waals surface area (Å²) in [5.41, 5.74) is 1.50. The van der Waals surface area contributed by atoms with Gasteiger partial charge in [0.25, 0.3) is 0 Å². The molecule has 3 heterocycles. The number of aliphatic carboxylic acids is 1. The van der Waals surface area contributed by atoms with Crippen LogP contribution in [0.4, 0.5) is 21.5 Å². The van der Waals surface area contributed by atoms with Crippen LogP contribution in [0.3, 0.4) is 0 Å². The number of hydrogen-bond acceptors (Lipinski definition) is 10. The third-order valence-electron chi connectivity index (χ3n) is 10.7. The summed E-state index contributed by atoms with van der Waals surface area (Å²) in [6, 6.07) is 18.5. The minimum absolute atomic E-state index is 0.00843. The molecular formula is C41H45FN6O8. The van der Waals surface area contributed by atoms with Crippen molar-refractivity contribution in [3.05, 3.63) is 78.7 Å². The van der Waals surface area contributed by atoms with E-state index in [0.29, 0.717) is 60.6 Å². The summed E-state index contributed by atoms with van der Waals surface area (Å²) < 4.78 is 30.5. The fraction of sp³-hybridized carbons (Fsp3) is 0.390. The molecule has 3 aliphatic rings. The molecule has 1 saturated carbocycles. The monoisotopic (exact) mass is 768 g/mol. The number of aromatic nitrogens is 1. The number of carboxylic acids is 1. The van der Waals surface area contributed by atoms with Crippen molar-refractivity contribution < 1.29 is 42.9 Å². The van der Waals surface area contributed by atoms with Crippen molar-refractivity contribution >= 4 is 51.7 Å². The first kappa shape index (κ1) is 38.5. The third kappa shape index (κ3) is 8.84. The Morgan fingerprint density at radius 2 is 1.50 bits per heavy atom. The van der Waals surface area contributed by atoms with Crippen LogP contribution in [-0.2, 0) is 23.9 Å². The molecule has 1 aliphatic carbocycles. The van der Waals surface area contributed by atoms with Crippen LogP contribution >= 0.6 is 0 Å². The van der Waals surface area contributed by atoms with E-state index < -0.39 is 35.6 Å². The smallest absolute Gasteiger partial charge is 0.329 e. The van der Waals surface area contributed by atoms with Gasteiger partial charge in [-0.1, -0.05) is 0 Å². The molecule has 3 aromatic carbocycles. The zero-order valence-electron chi connectivity index (χ0n) is 31.2. The summed E-state index contributed by atoms with van der Waals surface area (Å²) in [7, 11) is 1.65. The molecule has 0 radical (unpaired) electrons. The minimum Gasteiger partial charge on any atom is -0.495 e. The largest absolute Gasteiger partial charge is 0.495 e. The number of carbonyl (C=O) groups is 4. The maximum atomic E-state index is 13.3. The van der Waals surface area contributed by atoms with Gasteiger partial charge in [0, 0.05) is 68.3 Å². The topological polar surface area (TPSA) is 163 Å². The van der Waals surface area contributed by atoms with Crippen molar-refractivity contribution in [1.29, 1.82) is 0 Å². The van der Waals surface area contributed by atoms with Crippen LogP contribution in [0, 0.1) is 11.2 Å². The number of amides is 3. The molecule has 14 nitrogen and oxygen atoms in total. The highest BCUT2D eigenvalue weighted by Gasteiger charge is 2.56. The van der Waals surface area contributed by atoms with Crippen molar-refractivity contribution in [3.8, 4) is 17.2 Å². The van der Waals surface area contributed by atoms with Gasteiger partial charge < -0.3 is 39.8 Å². The molecular weight excluding hydrogens is 723 g/mol. The molecule has 0 spiro atoms. The van der Waals surface area contributed by atoms with Gasteiger partial charge in [0.15, 0.2) is 0 Å². The van der Waals surface area contributed by atoms with Gasteiger partial charge in [0.2, 0.25) is 17.7 Å². The van der Waals surface area contributed by atoms with Crippen molar-refractivity contribution in [1.82, 2.24) is 14.8 Å². The molecule has 2 saturated heterocycles. The lowest BCUT2D eigenvalue weighted by Crippen LogP contribution is -2.54. The molecule has 294 valence electrons. The Kier molecular flexibility index (Phi) is 11.6. The quantitative estimate of drug-likeness (QED) is 0.115. The SMILES string of the molecule is COc1cc2c(Oc3ccc(NC(=O)C4(C(=O)Nc5ccc(F)cc5)CC4)cc3)ccnc2cc1N1CCC(N2CCN(C(=O)CCOCC(=O)O)CC2)CC1. The highest BCUT2D eigenvalue weighted by atomic mass is 19.1. The molecule has 15 heteroatoms. The lowest BCUT2D eigenvalue weighted by atomic mass is 10.0. The van der Waals surface area contributed by atoms with E-state index in [9.17, 15) is 23.6 Å². The van der Waals surface area contributed by atoms with E-state index in [2.05, 4.69) is 25.4 Å². The Bertz CT molecular complexity index is 2060. The predicted molar refractivity (Wildman–Crippen MR) is 207 cm³/mol. The summed E-state index contributed by atoms with van der Waals surface area (Å²) in [5, 5.41) is 15.0. The van der Waals surface area contributed by atoms with Gasteiger partial charge in [-0.25, -0.2) is 9.18 Å². The molecule has 7 rings (SSSR count). The second-order valence-electron chi connectivity index (χ2n) is 14.3. The molecule has 4 aromatic rings. The van der Waals surface area contributed by atoms with E-state index in [1.54, 1.807) is 43.6 Å². The number of nitrogens with one attached hydrogen (secondary N) is 2. The summed E-state index contributed by atoms with van der Waals surface area (Å²) in [4.78, 5) is 60.5. The molecule has 3 N–H and O–H groups in total. The lowest BCUT2D eigenvalue weighted by molar-refractivity contribution is -0.144. The fourth-order valence-corrected chi connectivity index (χ4v) is 7.37. The standard InChI is InChI=1S/C41H45FN6O8/c1-54-36-24-32-33(25-34(36)47-17-11-30(12-18-47)46-19-21-48(22-20-46)37(49)13-23-55-26-38(50)51)43-16-10-35(32)56-31-8-6-29(7-9-31)45-40(53)41(14-15-41)39(52)44-28-4-2-27(42)3-5-28/h2-10,16,24-25,30H,11-15,17-23,26H2,1H3,(H,44,52)(H,45,53)(H,50,51). The fourth-order valence-electron chi connectivity index (χ4n) is 7.37. The van der Waals surface area contributed by atoms with E-state index >= 15 is 0 Å². The van der Waals surface area contributed by atoms with Gasteiger partial charge in [-0.15, -0.1) is 0 Å². The van der Waals surface area contributed by atoms with E-state index in [-0.39, 0.29) is 18.9 Å². The number of fused-ring (bicyclic) bond motifs is 1. The number of anilines is 3. The molecule has 2 aliphatic heterocycles. The van der Waals surface area contributed by atoms with Crippen LogP contribution < -0.4 is 25.0 Å². The number of carboxylic acid groups (broad SMARTS) is 1. The number of hydrogen-bond donors (Lipinski definition) is 3. The number of halogens is 1. The lowest BCUT2D eigenvalue weighted by Gasteiger charge is -2.43. The average Bonchev–Trinajstić information content (AvgIpc) is 4.04. The Labute approximate surface area is 323 Å². The second-order valence-corrected chi connectivity index (χ2v) is 14.3. The van der Waals surface area contributed by atoms with Gasteiger partial charge >= 0.3 is 5.97 Å². The maximum absolute atomic E-state index is 13.3. The third-order valence-corrected chi connectivity index (χ3v) is 10.7. The van der Waals surface area contributed by atoms with Crippen LogP contribution in [0.2, 0.25) is 0 Å². The summed E-state index contributed by atoms with van der Waals surface area (Å²) in [5.74, 6) is -0.431. The summed E-state index contributed by atoms with van der Waals surface area (Å²) >= 11 is 0. The number of benzene rings is 3. The van der Waals surface area contributed by atoms with Crippen LogP contribution in [0.15, 0.2) is 72.9 Å². The Morgan fingerprint density at radius 1 is 0.857 bits per heavy atom. The van der Waals surface area contributed by atoms with Crippen molar-refractivity contribution in [2.75, 3.05) is 75.1 Å². The normalized spacial score (nSPS) is 17.0. The first-order valence-corrected chi connectivity index (χ1v) is 18.8. The van der Waals surface area contributed by atoms with E-state index in [0.717, 1.165) is 55.6 Å². The maximum Gasteiger partial charge on any atom is 0.329 e. The number of pyridine rings is 1. The van der Waals surface area contributed by atoms with Crippen LogP contribution in [0.1, 0.15) is 32.1 Å². The van der Waals surface area contributed by atoms with Crippen molar-refractivity contribution in [3.63, 3.8) is 0 Å². The summed E-state index contributed by atoms with van der Waals surface area (Å²) in [6.45, 7) is 4.29. The highest BCUT2D eigenvalue weighted by molar-refractivity contribution is 6.16. The number of piperidine rings is 1. The highest BCUT2D eigenvalue weighted by Crippen LogP contribution is 2.47. The molecule has 3 fully saturated rings. The van der Waals surface area contributed by atoms with Gasteiger partial charge in [0.05, 0.1) is 31.3 Å². The van der Waals surface area contributed by atoms with Gasteiger partial charge in [-0.05, 0) is 92.4 Å². The predicted octanol–water partition coefficient (Wildman–Crippen LogP) is 5.14. The zero-order valence-corrected chi connectivity index (χ0v) is 31.2. The van der Waals surface area contributed by atoms with E-state index in [1.807, 2.05) is 17.0 Å². The number of ether oxygens (including phenoxy) is 3. The summed E-state index contributed by atoms with van der Waals surface area (Å²) in [6.07, 6.45) is 4.67. The molecule has 0 bridgehead atoms. The molecule has 0 unspecified atom stereocenters. The van der Waals surface area contributed by atoms with E-state index in [1.165, 1.54) is 24.3 Å². The number of piperazine rings is 1. The molecule has 0 atom stereocenters. The number of nitrogens with zero attached hydrogens (tertiary/aromatic N) is 4. The number of rotatable bonds is 14. The van der Waals surface area contributed by atoms with Gasteiger partial charge in [0.1, 0.15) is 35.1 Å². The molecule has 1 aromatic heterocycles. The zero-order chi connectivity index (χ0) is 39.2. The van der Waals surface area contributed by atoms with Gasteiger partial charge in [-0.3, -0.25) is 24.3 Å². The van der Waals surface area contributed by atoms with Crippen LogP contribution in [0.25, 0.3) is 10.9 Å². The first-order chi connectivity index (χ1) is 27.1. The van der Waals surface area contributed by atoms with E-state index in [4.69, 9.17) is 19.3 Å². The van der Waals surface area contributed by atoms with Gasteiger partial charge in [-0.2, -0.15) is 0 Å². The van der Waals surface area contributed by atoms with Crippen molar-refractivity contribution in [2.24, 2.45) is 5.41 Å². The number of carbonyl (C=O) groups excluding carboxylic acids is 3.